The first-order chi connectivity index (χ1) is 9.48. The van der Waals surface area contributed by atoms with Gasteiger partial charge >= 0.3 is 0 Å². The summed E-state index contributed by atoms with van der Waals surface area (Å²) < 4.78 is 37.2. The Morgan fingerprint density at radius 3 is 2.60 bits per heavy atom. The zero-order valence-corrected chi connectivity index (χ0v) is 12.8. The van der Waals surface area contributed by atoms with Crippen molar-refractivity contribution in [1.29, 1.82) is 0 Å². The lowest BCUT2D eigenvalue weighted by atomic mass is 9.99. The van der Waals surface area contributed by atoms with E-state index in [1.54, 1.807) is 14.0 Å². The van der Waals surface area contributed by atoms with Gasteiger partial charge in [0.25, 0.3) is 0 Å². The highest BCUT2D eigenvalue weighted by atomic mass is 32.2. The number of hydrogen-bond acceptors (Lipinski definition) is 5. The van der Waals surface area contributed by atoms with Gasteiger partial charge < -0.3 is 14.9 Å². The third-order valence-electron chi connectivity index (χ3n) is 3.72. The van der Waals surface area contributed by atoms with Crippen LogP contribution in [0.5, 0.6) is 0 Å². The summed E-state index contributed by atoms with van der Waals surface area (Å²) in [5.74, 6) is 1.34. The van der Waals surface area contributed by atoms with Crippen LogP contribution in [0, 0.1) is 12.8 Å². The molecule has 1 aliphatic heterocycles. The Bertz CT molecular complexity index is 545. The Balaban J connectivity index is 2.13. The van der Waals surface area contributed by atoms with E-state index in [0.29, 0.717) is 37.1 Å². The van der Waals surface area contributed by atoms with E-state index in [0.717, 1.165) is 12.8 Å². The number of nitrogens with zero attached hydrogens (tertiary/aromatic N) is 1. The molecule has 0 atom stereocenters. The summed E-state index contributed by atoms with van der Waals surface area (Å²) >= 11 is 0. The summed E-state index contributed by atoms with van der Waals surface area (Å²) in [4.78, 5) is 0.239. The van der Waals surface area contributed by atoms with Crippen molar-refractivity contribution in [2.75, 3.05) is 26.8 Å². The van der Waals surface area contributed by atoms with Gasteiger partial charge in [-0.25, -0.2) is 8.42 Å². The lowest BCUT2D eigenvalue weighted by Crippen LogP contribution is -2.39. The monoisotopic (exact) mass is 302 g/mol. The van der Waals surface area contributed by atoms with E-state index >= 15 is 0 Å². The molecule has 0 unspecified atom stereocenters. The lowest BCUT2D eigenvalue weighted by molar-refractivity contribution is 0.121. The summed E-state index contributed by atoms with van der Waals surface area (Å²) in [7, 11) is -1.80. The highest BCUT2D eigenvalue weighted by Crippen LogP contribution is 2.27. The Labute approximate surface area is 119 Å². The molecule has 1 fully saturated rings. The molecule has 0 spiro atoms. The number of rotatable bonds is 5. The van der Waals surface area contributed by atoms with Gasteiger partial charge in [0.1, 0.15) is 16.4 Å². The molecule has 1 aliphatic rings. The van der Waals surface area contributed by atoms with Crippen LogP contribution in [0.15, 0.2) is 15.4 Å². The number of piperidine rings is 1. The molecule has 1 aromatic heterocycles. The number of ether oxygens (including phenoxy) is 1. The van der Waals surface area contributed by atoms with Gasteiger partial charge in [0.15, 0.2) is 0 Å². The summed E-state index contributed by atoms with van der Waals surface area (Å²) in [5.41, 5.74) is 5.49. The molecule has 114 valence electrons. The van der Waals surface area contributed by atoms with E-state index in [1.165, 1.54) is 10.4 Å². The zero-order chi connectivity index (χ0) is 14.8. The van der Waals surface area contributed by atoms with E-state index < -0.39 is 10.0 Å². The fourth-order valence-corrected chi connectivity index (χ4v) is 4.23. The first-order valence-electron chi connectivity index (χ1n) is 6.77. The van der Waals surface area contributed by atoms with E-state index in [9.17, 15) is 8.42 Å². The Hall–Kier alpha value is -0.890. The minimum absolute atomic E-state index is 0.201. The second kappa shape index (κ2) is 6.26. The molecular weight excluding hydrogens is 280 g/mol. The Morgan fingerprint density at radius 2 is 2.10 bits per heavy atom. The SMILES string of the molecule is COCC1CCN(S(=O)(=O)c2cc(CN)oc2C)CC1. The molecule has 0 saturated carbocycles. The second-order valence-corrected chi connectivity index (χ2v) is 7.05. The van der Waals surface area contributed by atoms with Crippen molar-refractivity contribution >= 4 is 10.0 Å². The van der Waals surface area contributed by atoms with Gasteiger partial charge in [0.05, 0.1) is 6.54 Å². The molecule has 0 bridgehead atoms. The van der Waals surface area contributed by atoms with Gasteiger partial charge in [0, 0.05) is 32.9 Å². The maximum atomic E-state index is 12.6. The van der Waals surface area contributed by atoms with Crippen molar-refractivity contribution in [3.8, 4) is 0 Å². The largest absolute Gasteiger partial charge is 0.464 e. The van der Waals surface area contributed by atoms with E-state index in [2.05, 4.69) is 0 Å². The van der Waals surface area contributed by atoms with Crippen LogP contribution >= 0.6 is 0 Å². The molecule has 2 heterocycles. The Kier molecular flexibility index (Phi) is 4.85. The average Bonchev–Trinajstić information content (AvgIpc) is 2.82. The molecule has 0 amide bonds. The summed E-state index contributed by atoms with van der Waals surface area (Å²) in [5, 5.41) is 0. The standard InChI is InChI=1S/C13H22N2O4S/c1-10-13(7-12(8-14)19-10)20(16,17)15-5-3-11(4-6-15)9-18-2/h7,11H,3-6,8-9,14H2,1-2H3. The average molecular weight is 302 g/mol. The zero-order valence-electron chi connectivity index (χ0n) is 12.0. The number of nitrogens with two attached hydrogens (primary N) is 1. The molecule has 0 radical (unpaired) electrons. The van der Waals surface area contributed by atoms with Crippen molar-refractivity contribution in [3.63, 3.8) is 0 Å². The van der Waals surface area contributed by atoms with Crippen LogP contribution in [0.25, 0.3) is 0 Å². The third kappa shape index (κ3) is 3.06. The number of furan rings is 1. The summed E-state index contributed by atoms with van der Waals surface area (Å²) in [6.07, 6.45) is 1.65. The van der Waals surface area contributed by atoms with Gasteiger partial charge in [-0.3, -0.25) is 0 Å². The highest BCUT2D eigenvalue weighted by Gasteiger charge is 2.32. The molecule has 0 aromatic carbocycles. The van der Waals surface area contributed by atoms with Crippen LogP contribution in [0.2, 0.25) is 0 Å². The van der Waals surface area contributed by atoms with Crippen molar-refractivity contribution in [1.82, 2.24) is 4.31 Å². The first-order valence-corrected chi connectivity index (χ1v) is 8.21. The van der Waals surface area contributed by atoms with Crippen LogP contribution in [0.3, 0.4) is 0 Å². The molecule has 7 heteroatoms. The topological polar surface area (TPSA) is 85.8 Å². The van der Waals surface area contributed by atoms with Gasteiger partial charge in [0.2, 0.25) is 10.0 Å². The predicted molar refractivity (Wildman–Crippen MR) is 74.7 cm³/mol. The molecule has 0 aliphatic carbocycles. The van der Waals surface area contributed by atoms with Crippen LogP contribution in [-0.4, -0.2) is 39.5 Å². The summed E-state index contributed by atoms with van der Waals surface area (Å²) in [6, 6.07) is 1.53. The maximum Gasteiger partial charge on any atom is 0.246 e. The lowest BCUT2D eigenvalue weighted by Gasteiger charge is -2.30. The van der Waals surface area contributed by atoms with E-state index in [1.807, 2.05) is 0 Å². The van der Waals surface area contributed by atoms with Gasteiger partial charge in [-0.05, 0) is 25.7 Å². The molecule has 1 aromatic rings. The number of aryl methyl sites for hydroxylation is 1. The first kappa shape index (κ1) is 15.5. The molecule has 1 saturated heterocycles. The quantitative estimate of drug-likeness (QED) is 0.880. The van der Waals surface area contributed by atoms with Gasteiger partial charge in [-0.1, -0.05) is 0 Å². The van der Waals surface area contributed by atoms with Crippen LogP contribution < -0.4 is 5.73 Å². The second-order valence-electron chi connectivity index (χ2n) is 5.14. The summed E-state index contributed by atoms with van der Waals surface area (Å²) in [6.45, 7) is 3.60. The van der Waals surface area contributed by atoms with Crippen LogP contribution in [0.4, 0.5) is 0 Å². The predicted octanol–water partition coefficient (Wildman–Crippen LogP) is 1.09. The van der Waals surface area contributed by atoms with Crippen molar-refractivity contribution in [2.24, 2.45) is 11.7 Å². The van der Waals surface area contributed by atoms with Gasteiger partial charge in [-0.2, -0.15) is 4.31 Å². The minimum atomic E-state index is -3.48. The van der Waals surface area contributed by atoms with Crippen molar-refractivity contribution < 1.29 is 17.6 Å². The molecular formula is C13H22N2O4S. The molecule has 2 rings (SSSR count). The number of methoxy groups -OCH3 is 1. The van der Waals surface area contributed by atoms with E-state index in [-0.39, 0.29) is 11.4 Å². The normalized spacial score (nSPS) is 18.6. The van der Waals surface area contributed by atoms with E-state index in [4.69, 9.17) is 14.9 Å². The molecule has 2 N–H and O–H groups in total. The van der Waals surface area contributed by atoms with Crippen molar-refractivity contribution in [2.45, 2.75) is 31.2 Å². The minimum Gasteiger partial charge on any atom is -0.464 e. The van der Waals surface area contributed by atoms with Crippen LogP contribution in [-0.2, 0) is 21.3 Å². The van der Waals surface area contributed by atoms with Gasteiger partial charge in [-0.15, -0.1) is 0 Å². The maximum absolute atomic E-state index is 12.6. The number of hydrogen-bond donors (Lipinski definition) is 1. The van der Waals surface area contributed by atoms with Crippen molar-refractivity contribution in [3.05, 3.63) is 17.6 Å². The smallest absolute Gasteiger partial charge is 0.246 e. The van der Waals surface area contributed by atoms with Crippen LogP contribution in [0.1, 0.15) is 24.4 Å². The highest BCUT2D eigenvalue weighted by molar-refractivity contribution is 7.89. The third-order valence-corrected chi connectivity index (χ3v) is 5.72. The fourth-order valence-electron chi connectivity index (χ4n) is 2.57. The molecule has 6 nitrogen and oxygen atoms in total. The Morgan fingerprint density at radius 1 is 1.45 bits per heavy atom. The molecule has 20 heavy (non-hydrogen) atoms. The fraction of sp³-hybridized carbons (Fsp3) is 0.692. The number of sulfonamides is 1.